The van der Waals surface area contributed by atoms with Crippen LogP contribution in [-0.4, -0.2) is 34.5 Å². The van der Waals surface area contributed by atoms with Crippen LogP contribution >= 0.6 is 0 Å². The van der Waals surface area contributed by atoms with Gasteiger partial charge in [-0.2, -0.15) is 0 Å². The predicted octanol–water partition coefficient (Wildman–Crippen LogP) is 2.15. The molecule has 0 amide bonds. The van der Waals surface area contributed by atoms with E-state index in [1.807, 2.05) is 13.0 Å². The summed E-state index contributed by atoms with van der Waals surface area (Å²) in [5.41, 5.74) is 0.750. The lowest BCUT2D eigenvalue weighted by atomic mass is 9.93. The second-order valence-electron chi connectivity index (χ2n) is 4.88. The Kier molecular flexibility index (Phi) is 7.50. The summed E-state index contributed by atoms with van der Waals surface area (Å²) >= 11 is 0. The second-order valence-corrected chi connectivity index (χ2v) is 4.88. The van der Waals surface area contributed by atoms with Crippen LogP contribution in [0, 0.1) is 5.92 Å². The number of hydrogen-bond donors (Lipinski definition) is 3. The molecule has 0 saturated heterocycles. The molecule has 0 unspecified atom stereocenters. The molecule has 1 aromatic rings. The van der Waals surface area contributed by atoms with Crippen LogP contribution in [0.1, 0.15) is 31.4 Å². The first-order valence-corrected chi connectivity index (χ1v) is 6.95. The number of benzene rings is 1. The average Bonchev–Trinajstić information content (AvgIpc) is 2.48. The molecule has 0 fully saturated rings. The van der Waals surface area contributed by atoms with Crippen molar-refractivity contribution in [1.82, 2.24) is 0 Å². The summed E-state index contributed by atoms with van der Waals surface area (Å²) in [5, 5.41) is 27.5. The van der Waals surface area contributed by atoms with E-state index in [1.165, 1.54) is 0 Å². The SMILES string of the molecule is C[C@@H](CC/C=C/C(=O)O)[C@H](O)c1cccc(OCCO)c1. The van der Waals surface area contributed by atoms with Gasteiger partial charge in [0.2, 0.25) is 0 Å². The van der Waals surface area contributed by atoms with E-state index in [9.17, 15) is 9.90 Å². The van der Waals surface area contributed by atoms with Gasteiger partial charge >= 0.3 is 5.97 Å². The summed E-state index contributed by atoms with van der Waals surface area (Å²) in [6, 6.07) is 7.14. The lowest BCUT2D eigenvalue weighted by Crippen LogP contribution is -2.09. The Balaban J connectivity index is 2.56. The van der Waals surface area contributed by atoms with Crippen LogP contribution in [0.15, 0.2) is 36.4 Å². The fraction of sp³-hybridized carbons (Fsp3) is 0.438. The molecule has 5 heteroatoms. The number of hydrogen-bond acceptors (Lipinski definition) is 4. The molecule has 0 heterocycles. The topological polar surface area (TPSA) is 87.0 Å². The summed E-state index contributed by atoms with van der Waals surface area (Å²) in [6.45, 7) is 2.08. The van der Waals surface area contributed by atoms with Gasteiger partial charge in [0, 0.05) is 6.08 Å². The molecule has 2 atom stereocenters. The molecular weight excluding hydrogens is 272 g/mol. The van der Waals surface area contributed by atoms with E-state index in [2.05, 4.69) is 0 Å². The number of carbonyl (C=O) groups is 1. The number of carboxylic acids is 1. The van der Waals surface area contributed by atoms with Gasteiger partial charge in [-0.3, -0.25) is 0 Å². The maximum Gasteiger partial charge on any atom is 0.327 e. The summed E-state index contributed by atoms with van der Waals surface area (Å²) in [7, 11) is 0. The van der Waals surface area contributed by atoms with Gasteiger partial charge in [0.05, 0.1) is 12.7 Å². The first-order chi connectivity index (χ1) is 10.0. The molecule has 0 radical (unpaired) electrons. The molecule has 0 aliphatic carbocycles. The van der Waals surface area contributed by atoms with Gasteiger partial charge in [0.25, 0.3) is 0 Å². The molecule has 0 spiro atoms. The van der Waals surface area contributed by atoms with E-state index in [1.54, 1.807) is 24.3 Å². The monoisotopic (exact) mass is 294 g/mol. The zero-order valence-corrected chi connectivity index (χ0v) is 12.1. The van der Waals surface area contributed by atoms with Crippen LogP contribution < -0.4 is 4.74 Å². The van der Waals surface area contributed by atoms with E-state index in [0.717, 1.165) is 11.6 Å². The first-order valence-electron chi connectivity index (χ1n) is 6.95. The minimum absolute atomic E-state index is 0.00321. The summed E-state index contributed by atoms with van der Waals surface area (Å²) < 4.78 is 5.31. The van der Waals surface area contributed by atoms with Gasteiger partial charge in [0.15, 0.2) is 0 Å². The molecule has 0 aromatic heterocycles. The minimum atomic E-state index is -0.961. The maximum absolute atomic E-state index is 10.4. The summed E-state index contributed by atoms with van der Waals surface area (Å²) in [6.07, 6.45) is 3.35. The molecule has 1 aromatic carbocycles. The van der Waals surface area contributed by atoms with Crippen molar-refractivity contribution < 1.29 is 24.9 Å². The molecule has 0 aliphatic rings. The van der Waals surface area contributed by atoms with Gasteiger partial charge in [-0.15, -0.1) is 0 Å². The van der Waals surface area contributed by atoms with Crippen LogP contribution in [0.5, 0.6) is 5.75 Å². The zero-order valence-electron chi connectivity index (χ0n) is 12.1. The third-order valence-corrected chi connectivity index (χ3v) is 3.15. The number of aliphatic hydroxyl groups is 2. The zero-order chi connectivity index (χ0) is 15.7. The predicted molar refractivity (Wildman–Crippen MR) is 79.2 cm³/mol. The number of aliphatic carboxylic acids is 1. The lowest BCUT2D eigenvalue weighted by molar-refractivity contribution is -0.131. The molecule has 116 valence electrons. The maximum atomic E-state index is 10.4. The molecular formula is C16H22O5. The van der Waals surface area contributed by atoms with Crippen molar-refractivity contribution in [1.29, 1.82) is 0 Å². The number of ether oxygens (including phenoxy) is 1. The molecule has 0 aliphatic heterocycles. The van der Waals surface area contributed by atoms with Crippen molar-refractivity contribution in [3.63, 3.8) is 0 Å². The van der Waals surface area contributed by atoms with Crippen molar-refractivity contribution in [2.24, 2.45) is 5.92 Å². The Labute approximate surface area is 124 Å². The number of allylic oxidation sites excluding steroid dienone is 1. The first kappa shape index (κ1) is 17.2. The third kappa shape index (κ3) is 6.42. The normalized spacial score (nSPS) is 14.0. The standard InChI is InChI=1S/C16H22O5/c1-12(5-2-3-8-15(18)19)16(20)13-6-4-7-14(11-13)21-10-9-17/h3-4,6-8,11-12,16-17,20H,2,5,9-10H2,1H3,(H,18,19)/b8-3+/t12-,16-/m0/s1. The largest absolute Gasteiger partial charge is 0.491 e. The minimum Gasteiger partial charge on any atom is -0.491 e. The molecule has 3 N–H and O–H groups in total. The Bertz CT molecular complexity index is 469. The van der Waals surface area contributed by atoms with Crippen molar-refractivity contribution >= 4 is 5.97 Å². The molecule has 1 rings (SSSR count). The van der Waals surface area contributed by atoms with Crippen molar-refractivity contribution in [2.75, 3.05) is 13.2 Å². The highest BCUT2D eigenvalue weighted by molar-refractivity contribution is 5.79. The molecule has 21 heavy (non-hydrogen) atoms. The highest BCUT2D eigenvalue weighted by Gasteiger charge is 2.16. The number of aliphatic hydroxyl groups excluding tert-OH is 2. The van der Waals surface area contributed by atoms with Crippen molar-refractivity contribution in [2.45, 2.75) is 25.9 Å². The van der Waals surface area contributed by atoms with E-state index in [4.69, 9.17) is 14.9 Å². The van der Waals surface area contributed by atoms with E-state index < -0.39 is 12.1 Å². The van der Waals surface area contributed by atoms with Gasteiger partial charge < -0.3 is 20.1 Å². The van der Waals surface area contributed by atoms with Crippen LogP contribution in [0.4, 0.5) is 0 Å². The van der Waals surface area contributed by atoms with E-state index in [-0.39, 0.29) is 19.1 Å². The number of carboxylic acid groups (broad SMARTS) is 1. The highest BCUT2D eigenvalue weighted by atomic mass is 16.5. The fourth-order valence-corrected chi connectivity index (χ4v) is 1.98. The lowest BCUT2D eigenvalue weighted by Gasteiger charge is -2.19. The quantitative estimate of drug-likeness (QED) is 0.607. The second kappa shape index (κ2) is 9.15. The summed E-state index contributed by atoms with van der Waals surface area (Å²) in [5.74, 6) is -0.355. The molecule has 5 nitrogen and oxygen atoms in total. The smallest absolute Gasteiger partial charge is 0.327 e. The Hall–Kier alpha value is -1.85. The van der Waals surface area contributed by atoms with Crippen LogP contribution in [0.2, 0.25) is 0 Å². The van der Waals surface area contributed by atoms with E-state index in [0.29, 0.717) is 18.6 Å². The Morgan fingerprint density at radius 2 is 2.19 bits per heavy atom. The van der Waals surface area contributed by atoms with Crippen molar-refractivity contribution in [3.8, 4) is 5.75 Å². The number of rotatable bonds is 9. The Morgan fingerprint density at radius 1 is 1.43 bits per heavy atom. The average molecular weight is 294 g/mol. The highest BCUT2D eigenvalue weighted by Crippen LogP contribution is 2.27. The van der Waals surface area contributed by atoms with Gasteiger partial charge in [-0.25, -0.2) is 4.79 Å². The van der Waals surface area contributed by atoms with Crippen LogP contribution in [-0.2, 0) is 4.79 Å². The van der Waals surface area contributed by atoms with Gasteiger partial charge in [-0.1, -0.05) is 25.1 Å². The van der Waals surface area contributed by atoms with Crippen molar-refractivity contribution in [3.05, 3.63) is 42.0 Å². The van der Waals surface area contributed by atoms with E-state index >= 15 is 0 Å². The molecule has 0 saturated carbocycles. The fourth-order valence-electron chi connectivity index (χ4n) is 1.98. The summed E-state index contributed by atoms with van der Waals surface area (Å²) in [4.78, 5) is 10.4. The molecule has 0 bridgehead atoms. The van der Waals surface area contributed by atoms with Gasteiger partial charge in [-0.05, 0) is 36.5 Å². The van der Waals surface area contributed by atoms with Crippen LogP contribution in [0.3, 0.4) is 0 Å². The van der Waals surface area contributed by atoms with Crippen LogP contribution in [0.25, 0.3) is 0 Å². The Morgan fingerprint density at radius 3 is 2.86 bits per heavy atom. The van der Waals surface area contributed by atoms with Gasteiger partial charge in [0.1, 0.15) is 12.4 Å². The third-order valence-electron chi connectivity index (χ3n) is 3.15.